The first-order valence-corrected chi connectivity index (χ1v) is 6.91. The molecule has 0 aliphatic carbocycles. The predicted octanol–water partition coefficient (Wildman–Crippen LogP) is 2.69. The van der Waals surface area contributed by atoms with Crippen molar-refractivity contribution < 1.29 is 4.74 Å². The molecule has 1 unspecified atom stereocenters. The molecule has 0 spiro atoms. The number of nitrogens with zero attached hydrogens (tertiary/aromatic N) is 2. The molecule has 2 aromatic rings. The molecule has 0 amide bonds. The van der Waals surface area contributed by atoms with Gasteiger partial charge in [0.05, 0.1) is 13.3 Å². The first-order valence-electron chi connectivity index (χ1n) is 6.12. The molecule has 5 heteroatoms. The second kappa shape index (κ2) is 6.21. The Morgan fingerprint density at radius 2 is 2.26 bits per heavy atom. The number of aromatic nitrogens is 2. The number of hydrogen-bond donors (Lipinski definition) is 1. The number of halogens is 1. The van der Waals surface area contributed by atoms with E-state index in [1.54, 1.807) is 7.11 Å². The lowest BCUT2D eigenvalue weighted by atomic mass is 10.0. The van der Waals surface area contributed by atoms with Gasteiger partial charge >= 0.3 is 0 Å². The average molecular weight is 324 g/mol. The quantitative estimate of drug-likeness (QED) is 0.919. The zero-order valence-corrected chi connectivity index (χ0v) is 12.9. The number of aryl methyl sites for hydroxylation is 1. The minimum absolute atomic E-state index is 0.219. The van der Waals surface area contributed by atoms with Gasteiger partial charge in [-0.2, -0.15) is 5.10 Å². The molecule has 102 valence electrons. The first kappa shape index (κ1) is 14.1. The number of hydrogen-bond acceptors (Lipinski definition) is 3. The van der Waals surface area contributed by atoms with Crippen LogP contribution in [0.25, 0.3) is 0 Å². The van der Waals surface area contributed by atoms with Crippen molar-refractivity contribution in [3.63, 3.8) is 0 Å². The summed E-state index contributed by atoms with van der Waals surface area (Å²) in [6.45, 7) is 0. The number of methoxy groups -OCH3 is 1. The molecule has 0 saturated heterocycles. The molecule has 19 heavy (non-hydrogen) atoms. The molecule has 1 N–H and O–H groups in total. The largest absolute Gasteiger partial charge is 0.496 e. The monoisotopic (exact) mass is 323 g/mol. The Kier molecular flexibility index (Phi) is 4.61. The third-order valence-electron chi connectivity index (χ3n) is 3.14. The van der Waals surface area contributed by atoms with Crippen molar-refractivity contribution in [2.45, 2.75) is 12.5 Å². The third kappa shape index (κ3) is 3.36. The van der Waals surface area contributed by atoms with Crippen LogP contribution in [0.4, 0.5) is 0 Å². The molecule has 2 rings (SSSR count). The van der Waals surface area contributed by atoms with Gasteiger partial charge in [-0.05, 0) is 37.2 Å². The molecule has 1 aromatic heterocycles. The van der Waals surface area contributed by atoms with E-state index in [4.69, 9.17) is 4.74 Å². The molecule has 0 aliphatic rings. The number of nitrogens with one attached hydrogen (secondary N) is 1. The smallest absolute Gasteiger partial charge is 0.122 e. The molecular weight excluding hydrogens is 306 g/mol. The van der Waals surface area contributed by atoms with Gasteiger partial charge in [-0.1, -0.05) is 15.9 Å². The second-order valence-corrected chi connectivity index (χ2v) is 5.36. The van der Waals surface area contributed by atoms with Crippen molar-refractivity contribution in [1.29, 1.82) is 0 Å². The van der Waals surface area contributed by atoms with Crippen molar-refractivity contribution >= 4 is 15.9 Å². The van der Waals surface area contributed by atoms with Crippen molar-refractivity contribution in [2.24, 2.45) is 7.05 Å². The van der Waals surface area contributed by atoms with Gasteiger partial charge in [0.1, 0.15) is 5.75 Å². The van der Waals surface area contributed by atoms with Gasteiger partial charge in [0, 0.05) is 29.3 Å². The van der Waals surface area contributed by atoms with Gasteiger partial charge in [-0.25, -0.2) is 0 Å². The van der Waals surface area contributed by atoms with E-state index in [9.17, 15) is 0 Å². The highest BCUT2D eigenvalue weighted by Gasteiger charge is 2.14. The molecule has 0 fully saturated rings. The lowest BCUT2D eigenvalue weighted by Gasteiger charge is -2.17. The van der Waals surface area contributed by atoms with E-state index in [0.29, 0.717) is 0 Å². The zero-order valence-electron chi connectivity index (χ0n) is 11.4. The summed E-state index contributed by atoms with van der Waals surface area (Å²) in [5.41, 5.74) is 2.34. The summed E-state index contributed by atoms with van der Waals surface area (Å²) < 4.78 is 8.29. The summed E-state index contributed by atoms with van der Waals surface area (Å²) in [7, 11) is 5.59. The van der Waals surface area contributed by atoms with Crippen LogP contribution in [0.5, 0.6) is 5.75 Å². The molecule has 1 heterocycles. The lowest BCUT2D eigenvalue weighted by molar-refractivity contribution is 0.406. The fraction of sp³-hybridized carbons (Fsp3) is 0.357. The van der Waals surface area contributed by atoms with Crippen LogP contribution in [0.3, 0.4) is 0 Å². The molecule has 0 aliphatic heterocycles. The lowest BCUT2D eigenvalue weighted by Crippen LogP contribution is -2.18. The zero-order chi connectivity index (χ0) is 13.8. The van der Waals surface area contributed by atoms with Crippen molar-refractivity contribution in [3.05, 3.63) is 46.2 Å². The van der Waals surface area contributed by atoms with Crippen LogP contribution in [-0.2, 0) is 13.5 Å². The maximum Gasteiger partial charge on any atom is 0.122 e. The van der Waals surface area contributed by atoms with Gasteiger partial charge in [-0.3, -0.25) is 4.68 Å². The van der Waals surface area contributed by atoms with Gasteiger partial charge in [0.15, 0.2) is 0 Å². The van der Waals surface area contributed by atoms with Crippen LogP contribution >= 0.6 is 15.9 Å². The standard InChI is InChI=1S/C14H18BrN3O/c1-16-13(11-8-17-18(2)9-11)7-10-6-12(15)4-5-14(10)19-3/h4-6,8-9,13,16H,7H2,1-3H3. The molecule has 0 saturated carbocycles. The second-order valence-electron chi connectivity index (χ2n) is 4.45. The molecule has 1 aromatic carbocycles. The number of benzene rings is 1. The number of ether oxygens (including phenoxy) is 1. The highest BCUT2D eigenvalue weighted by molar-refractivity contribution is 9.10. The Hall–Kier alpha value is -1.33. The minimum atomic E-state index is 0.219. The van der Waals surface area contributed by atoms with E-state index in [2.05, 4.69) is 32.4 Å². The van der Waals surface area contributed by atoms with Crippen LogP contribution in [0, 0.1) is 0 Å². The minimum Gasteiger partial charge on any atom is -0.496 e. The summed E-state index contributed by atoms with van der Waals surface area (Å²) >= 11 is 3.51. The van der Waals surface area contributed by atoms with E-state index in [-0.39, 0.29) is 6.04 Å². The summed E-state index contributed by atoms with van der Waals surface area (Å²) in [5, 5.41) is 7.55. The Bertz CT molecular complexity index is 553. The molecule has 0 radical (unpaired) electrons. The average Bonchev–Trinajstić information content (AvgIpc) is 2.82. The van der Waals surface area contributed by atoms with E-state index in [1.807, 2.05) is 43.3 Å². The normalized spacial score (nSPS) is 12.4. The highest BCUT2D eigenvalue weighted by Crippen LogP contribution is 2.27. The van der Waals surface area contributed by atoms with Crippen molar-refractivity contribution in [3.8, 4) is 5.75 Å². The molecule has 1 atom stereocenters. The van der Waals surface area contributed by atoms with Crippen molar-refractivity contribution in [2.75, 3.05) is 14.2 Å². The third-order valence-corrected chi connectivity index (χ3v) is 3.64. The van der Waals surface area contributed by atoms with Gasteiger partial charge in [0.25, 0.3) is 0 Å². The maximum absolute atomic E-state index is 5.42. The van der Waals surface area contributed by atoms with E-state index < -0.39 is 0 Å². The van der Waals surface area contributed by atoms with Gasteiger partial charge < -0.3 is 10.1 Å². The Morgan fingerprint density at radius 1 is 1.47 bits per heavy atom. The highest BCUT2D eigenvalue weighted by atomic mass is 79.9. The SMILES string of the molecule is CNC(Cc1cc(Br)ccc1OC)c1cnn(C)c1. The molecular formula is C14H18BrN3O. The summed E-state index contributed by atoms with van der Waals surface area (Å²) in [6.07, 6.45) is 4.78. The van der Waals surface area contributed by atoms with E-state index >= 15 is 0 Å². The van der Waals surface area contributed by atoms with E-state index in [0.717, 1.165) is 16.6 Å². The Labute approximate surface area is 121 Å². The number of likely N-dealkylation sites (N-methyl/N-ethyl adjacent to an activating group) is 1. The fourth-order valence-electron chi connectivity index (χ4n) is 2.13. The summed E-state index contributed by atoms with van der Waals surface area (Å²) in [5.74, 6) is 0.910. The Balaban J connectivity index is 2.25. The molecule has 4 nitrogen and oxygen atoms in total. The predicted molar refractivity (Wildman–Crippen MR) is 79.4 cm³/mol. The summed E-state index contributed by atoms with van der Waals surface area (Å²) in [6, 6.07) is 6.28. The van der Waals surface area contributed by atoms with Gasteiger partial charge in [-0.15, -0.1) is 0 Å². The van der Waals surface area contributed by atoms with Crippen LogP contribution < -0.4 is 10.1 Å². The van der Waals surface area contributed by atoms with Crippen LogP contribution in [0.15, 0.2) is 35.1 Å². The molecule has 0 bridgehead atoms. The Morgan fingerprint density at radius 3 is 2.84 bits per heavy atom. The summed E-state index contributed by atoms with van der Waals surface area (Å²) in [4.78, 5) is 0. The van der Waals surface area contributed by atoms with Crippen molar-refractivity contribution in [1.82, 2.24) is 15.1 Å². The number of rotatable bonds is 5. The topological polar surface area (TPSA) is 39.1 Å². The van der Waals surface area contributed by atoms with Gasteiger partial charge in [0.2, 0.25) is 0 Å². The maximum atomic E-state index is 5.42. The van der Waals surface area contributed by atoms with Crippen LogP contribution in [0.2, 0.25) is 0 Å². The van der Waals surface area contributed by atoms with Crippen LogP contribution in [-0.4, -0.2) is 23.9 Å². The first-order chi connectivity index (χ1) is 9.13. The van der Waals surface area contributed by atoms with E-state index in [1.165, 1.54) is 11.1 Å². The fourth-order valence-corrected chi connectivity index (χ4v) is 2.54. The van der Waals surface area contributed by atoms with Crippen LogP contribution in [0.1, 0.15) is 17.2 Å².